The van der Waals surface area contributed by atoms with Crippen molar-refractivity contribution in [2.24, 2.45) is 5.92 Å². The summed E-state index contributed by atoms with van der Waals surface area (Å²) in [5, 5.41) is 0. The van der Waals surface area contributed by atoms with Gasteiger partial charge in [-0.2, -0.15) is 0 Å². The fraction of sp³-hybridized carbons (Fsp3) is 0.400. The highest BCUT2D eigenvalue weighted by Gasteiger charge is 2.34. The van der Waals surface area contributed by atoms with Crippen LogP contribution in [-0.4, -0.2) is 39.8 Å². The maximum Gasteiger partial charge on any atom is 0.417 e. The fourth-order valence-electron chi connectivity index (χ4n) is 1.44. The summed E-state index contributed by atoms with van der Waals surface area (Å²) in [5.74, 6) is -0.0503. The van der Waals surface area contributed by atoms with Crippen LogP contribution in [0.15, 0.2) is 17.1 Å². The number of nitrogens with zero attached hydrogens (tertiary/aromatic N) is 2. The molecule has 1 saturated heterocycles. The van der Waals surface area contributed by atoms with Gasteiger partial charge >= 0.3 is 12.1 Å². The Morgan fingerprint density at radius 1 is 1.53 bits per heavy atom. The smallest absolute Gasteiger partial charge is 0.375 e. The van der Waals surface area contributed by atoms with Gasteiger partial charge in [0, 0.05) is 25.4 Å². The second-order valence-corrected chi connectivity index (χ2v) is 3.82. The molecular weight excluding hydrogens is 226 g/mol. The molecule has 0 saturated carbocycles. The molecule has 1 aromatic heterocycles. The molecule has 0 spiro atoms. The van der Waals surface area contributed by atoms with Crippen molar-refractivity contribution >= 4 is 11.9 Å². The quantitative estimate of drug-likeness (QED) is 0.768. The molecular formula is C10H11N3O4. The Labute approximate surface area is 96.4 Å². The van der Waals surface area contributed by atoms with Crippen LogP contribution in [0.5, 0.6) is 6.01 Å². The molecule has 7 heteroatoms. The monoisotopic (exact) mass is 237 g/mol. The van der Waals surface area contributed by atoms with Crippen LogP contribution in [0.2, 0.25) is 0 Å². The highest BCUT2D eigenvalue weighted by molar-refractivity contribution is 5.82. The van der Waals surface area contributed by atoms with E-state index in [0.717, 1.165) is 0 Å². The van der Waals surface area contributed by atoms with Crippen molar-refractivity contribution in [3.05, 3.63) is 22.6 Å². The SMILES string of the molecule is CC(=O)C1CN(C(=O)Oc2nccc(=O)[nH]2)C1. The molecule has 1 N–H and O–H groups in total. The second-order valence-electron chi connectivity index (χ2n) is 3.82. The Balaban J connectivity index is 1.91. The van der Waals surface area contributed by atoms with Crippen LogP contribution in [0, 0.1) is 5.92 Å². The molecule has 1 amide bonds. The Morgan fingerprint density at radius 2 is 2.24 bits per heavy atom. The van der Waals surface area contributed by atoms with Crippen molar-refractivity contribution in [3.63, 3.8) is 0 Å². The summed E-state index contributed by atoms with van der Waals surface area (Å²) >= 11 is 0. The minimum absolute atomic E-state index is 0.0558. The maximum absolute atomic E-state index is 11.5. The Bertz CT molecular complexity index is 504. The zero-order valence-corrected chi connectivity index (χ0v) is 9.17. The largest absolute Gasteiger partial charge is 0.417 e. The number of nitrogens with one attached hydrogen (secondary N) is 1. The number of aromatic amines is 1. The number of ketones is 1. The van der Waals surface area contributed by atoms with Crippen molar-refractivity contribution < 1.29 is 14.3 Å². The van der Waals surface area contributed by atoms with Gasteiger partial charge in [0.1, 0.15) is 5.78 Å². The third-order valence-electron chi connectivity index (χ3n) is 2.55. The number of hydrogen-bond donors (Lipinski definition) is 1. The van der Waals surface area contributed by atoms with Crippen LogP contribution >= 0.6 is 0 Å². The van der Waals surface area contributed by atoms with Gasteiger partial charge in [0.2, 0.25) is 0 Å². The first kappa shape index (κ1) is 11.3. The lowest BCUT2D eigenvalue weighted by atomic mass is 9.97. The molecule has 0 aromatic carbocycles. The third-order valence-corrected chi connectivity index (χ3v) is 2.55. The molecule has 2 heterocycles. The normalized spacial score (nSPS) is 15.2. The summed E-state index contributed by atoms with van der Waals surface area (Å²) in [6.45, 7) is 2.19. The number of aromatic nitrogens is 2. The fourth-order valence-corrected chi connectivity index (χ4v) is 1.44. The highest BCUT2D eigenvalue weighted by atomic mass is 16.6. The number of carbonyl (C=O) groups is 2. The standard InChI is InChI=1S/C10H11N3O4/c1-6(14)7-4-13(5-7)10(16)17-9-11-3-2-8(15)12-9/h2-3,7H,4-5H2,1H3,(H,11,12,15). The molecule has 1 aliphatic rings. The van der Waals surface area contributed by atoms with Gasteiger partial charge < -0.3 is 9.64 Å². The van der Waals surface area contributed by atoms with Crippen LogP contribution in [0.4, 0.5) is 4.79 Å². The molecule has 0 unspecified atom stereocenters. The minimum atomic E-state index is -0.614. The zero-order valence-electron chi connectivity index (χ0n) is 9.17. The summed E-state index contributed by atoms with van der Waals surface area (Å²) < 4.78 is 4.84. The average molecular weight is 237 g/mol. The van der Waals surface area contributed by atoms with Gasteiger partial charge in [0.25, 0.3) is 5.56 Å². The average Bonchev–Trinajstić information content (AvgIpc) is 2.13. The van der Waals surface area contributed by atoms with Crippen LogP contribution < -0.4 is 10.3 Å². The predicted molar refractivity (Wildman–Crippen MR) is 56.6 cm³/mol. The molecule has 90 valence electrons. The van der Waals surface area contributed by atoms with Gasteiger partial charge in [-0.1, -0.05) is 0 Å². The van der Waals surface area contributed by atoms with E-state index in [2.05, 4.69) is 9.97 Å². The predicted octanol–water partition coefficient (Wildman–Crippen LogP) is -0.210. The van der Waals surface area contributed by atoms with Gasteiger partial charge in [0.05, 0.1) is 5.92 Å². The highest BCUT2D eigenvalue weighted by Crippen LogP contribution is 2.17. The number of amides is 1. The van der Waals surface area contributed by atoms with Crippen LogP contribution in [0.25, 0.3) is 0 Å². The molecule has 1 aliphatic heterocycles. The van der Waals surface area contributed by atoms with Gasteiger partial charge in [0.15, 0.2) is 0 Å². The first-order chi connectivity index (χ1) is 8.06. The minimum Gasteiger partial charge on any atom is -0.375 e. The Kier molecular flexibility index (Phi) is 2.90. The lowest BCUT2D eigenvalue weighted by molar-refractivity contribution is -0.124. The molecule has 1 fully saturated rings. The number of H-pyrrole nitrogens is 1. The van der Waals surface area contributed by atoms with Crippen molar-refractivity contribution in [2.75, 3.05) is 13.1 Å². The molecule has 0 radical (unpaired) electrons. The van der Waals surface area contributed by atoms with E-state index in [4.69, 9.17) is 4.74 Å². The van der Waals surface area contributed by atoms with E-state index in [-0.39, 0.29) is 17.7 Å². The lowest BCUT2D eigenvalue weighted by Crippen LogP contribution is -2.53. The molecule has 0 atom stereocenters. The van der Waals surface area contributed by atoms with E-state index in [1.807, 2.05) is 0 Å². The lowest BCUT2D eigenvalue weighted by Gasteiger charge is -2.36. The number of likely N-dealkylation sites (tertiary alicyclic amines) is 1. The van der Waals surface area contributed by atoms with Gasteiger partial charge in [-0.05, 0) is 6.92 Å². The van der Waals surface area contributed by atoms with Crippen molar-refractivity contribution in [1.29, 1.82) is 0 Å². The molecule has 1 aromatic rings. The number of carbonyl (C=O) groups excluding carboxylic acids is 2. The zero-order chi connectivity index (χ0) is 12.4. The van der Waals surface area contributed by atoms with E-state index in [0.29, 0.717) is 13.1 Å². The number of ether oxygens (including phenoxy) is 1. The maximum atomic E-state index is 11.5. The summed E-state index contributed by atoms with van der Waals surface area (Å²) in [6.07, 6.45) is 0.632. The molecule has 2 rings (SSSR count). The van der Waals surface area contributed by atoms with Crippen LogP contribution in [0.1, 0.15) is 6.92 Å². The van der Waals surface area contributed by atoms with Crippen molar-refractivity contribution in [3.8, 4) is 6.01 Å². The van der Waals surface area contributed by atoms with Gasteiger partial charge in [-0.15, -0.1) is 0 Å². The van der Waals surface area contributed by atoms with E-state index in [1.165, 1.54) is 24.1 Å². The number of rotatable bonds is 2. The first-order valence-corrected chi connectivity index (χ1v) is 5.09. The number of hydrogen-bond acceptors (Lipinski definition) is 5. The van der Waals surface area contributed by atoms with E-state index in [9.17, 15) is 14.4 Å². The Hall–Kier alpha value is -2.18. The van der Waals surface area contributed by atoms with E-state index in [1.54, 1.807) is 0 Å². The third kappa shape index (κ3) is 2.49. The van der Waals surface area contributed by atoms with Crippen LogP contribution in [0.3, 0.4) is 0 Å². The molecule has 0 aliphatic carbocycles. The van der Waals surface area contributed by atoms with E-state index >= 15 is 0 Å². The summed E-state index contributed by atoms with van der Waals surface area (Å²) in [4.78, 5) is 40.7. The second kappa shape index (κ2) is 4.36. The summed E-state index contributed by atoms with van der Waals surface area (Å²) in [5.41, 5.74) is -0.395. The van der Waals surface area contributed by atoms with E-state index < -0.39 is 11.7 Å². The van der Waals surface area contributed by atoms with Crippen LogP contribution in [-0.2, 0) is 4.79 Å². The molecule has 7 nitrogen and oxygen atoms in total. The molecule has 0 bridgehead atoms. The molecule has 17 heavy (non-hydrogen) atoms. The first-order valence-electron chi connectivity index (χ1n) is 5.09. The van der Waals surface area contributed by atoms with Gasteiger partial charge in [-0.3, -0.25) is 14.6 Å². The number of Topliss-reactive ketones (excluding diaryl/α,β-unsaturated/α-hetero) is 1. The summed E-state index contributed by atoms with van der Waals surface area (Å²) in [6, 6.07) is 1.07. The Morgan fingerprint density at radius 3 is 2.82 bits per heavy atom. The topological polar surface area (TPSA) is 92.4 Å². The summed E-state index contributed by atoms with van der Waals surface area (Å²) in [7, 11) is 0. The van der Waals surface area contributed by atoms with Gasteiger partial charge in [-0.25, -0.2) is 9.78 Å². The van der Waals surface area contributed by atoms with Crippen molar-refractivity contribution in [1.82, 2.24) is 14.9 Å². The van der Waals surface area contributed by atoms with Crippen molar-refractivity contribution in [2.45, 2.75) is 6.92 Å².